The molecule has 0 aromatic heterocycles. The Morgan fingerprint density at radius 3 is 2.67 bits per heavy atom. The molecular weight excluding hydrogens is 359 g/mol. The monoisotopic (exact) mass is 370 g/mol. The fraction of sp³-hybridized carbons (Fsp3) is 0.400. The number of nitrogens with zero attached hydrogens (tertiary/aromatic N) is 3. The van der Waals surface area contributed by atoms with Crippen molar-refractivity contribution in [2.24, 2.45) is 8.73 Å². The minimum atomic E-state index is -3.81. The number of hydrogen-bond donors (Lipinski definition) is 2. The van der Waals surface area contributed by atoms with Gasteiger partial charge in [0.15, 0.2) is 0 Å². The maximum Gasteiger partial charge on any atom is 0.301 e. The van der Waals surface area contributed by atoms with Crippen molar-refractivity contribution in [3.05, 3.63) is 16.1 Å². The maximum absolute atomic E-state index is 12.2. The second kappa shape index (κ2) is 6.59. The van der Waals surface area contributed by atoms with Crippen LogP contribution in [0, 0.1) is 0 Å². The second-order valence-corrected chi connectivity index (χ2v) is 7.30. The van der Waals surface area contributed by atoms with Gasteiger partial charge in [-0.25, -0.2) is 0 Å². The molecule has 0 saturated carbocycles. The molecule has 0 saturated heterocycles. The average Bonchev–Trinajstić information content (AvgIpc) is 2.90. The first kappa shape index (κ1) is 16.7. The van der Waals surface area contributed by atoms with Crippen molar-refractivity contribution in [3.63, 3.8) is 0 Å². The molecule has 0 unspecified atom stereocenters. The minimum absolute atomic E-state index is 0.0954. The molecule has 0 fully saturated rings. The van der Waals surface area contributed by atoms with Crippen LogP contribution in [0.2, 0.25) is 10.0 Å². The predicted octanol–water partition coefficient (Wildman–Crippen LogP) is 2.69. The molecule has 11 heteroatoms. The first-order chi connectivity index (χ1) is 9.86. The summed E-state index contributed by atoms with van der Waals surface area (Å²) in [6.07, 6.45) is 0.333. The van der Waals surface area contributed by atoms with Crippen molar-refractivity contribution in [1.29, 1.82) is 0 Å². The number of halogens is 2. The Labute approximate surface area is 135 Å². The lowest BCUT2D eigenvalue weighted by Crippen LogP contribution is -2.33. The Bertz CT molecular complexity index is 732. The molecule has 116 valence electrons. The van der Waals surface area contributed by atoms with E-state index in [9.17, 15) is 8.42 Å². The summed E-state index contributed by atoms with van der Waals surface area (Å²) in [5.74, 6) is 0. The van der Waals surface area contributed by atoms with Crippen molar-refractivity contribution >= 4 is 61.8 Å². The van der Waals surface area contributed by atoms with E-state index in [-0.39, 0.29) is 23.9 Å². The lowest BCUT2D eigenvalue weighted by molar-refractivity contribution is 0.276. The number of aliphatic hydroxyl groups is 1. The molecule has 1 aromatic carbocycles. The van der Waals surface area contributed by atoms with Gasteiger partial charge in [-0.3, -0.25) is 4.72 Å². The van der Waals surface area contributed by atoms with Crippen LogP contribution >= 0.6 is 23.2 Å². The highest BCUT2D eigenvalue weighted by molar-refractivity contribution is 7.90. The van der Waals surface area contributed by atoms with Gasteiger partial charge in [0, 0.05) is 20.2 Å². The summed E-state index contributed by atoms with van der Waals surface area (Å²) in [5.41, 5.74) is 0.832. The van der Waals surface area contributed by atoms with E-state index in [1.165, 1.54) is 13.1 Å². The third-order valence-electron chi connectivity index (χ3n) is 2.72. The van der Waals surface area contributed by atoms with E-state index in [2.05, 4.69) is 13.4 Å². The van der Waals surface area contributed by atoms with E-state index < -0.39 is 10.2 Å². The summed E-state index contributed by atoms with van der Waals surface area (Å²) in [6, 6.07) is 1.42. The Hall–Kier alpha value is -0.710. The van der Waals surface area contributed by atoms with Crippen molar-refractivity contribution in [2.75, 3.05) is 24.9 Å². The van der Waals surface area contributed by atoms with Crippen LogP contribution in [-0.2, 0) is 21.6 Å². The van der Waals surface area contributed by atoms with Gasteiger partial charge < -0.3 is 5.11 Å². The molecule has 21 heavy (non-hydrogen) atoms. The number of nitrogens with one attached hydrogen (secondary N) is 1. The van der Waals surface area contributed by atoms with E-state index in [0.29, 0.717) is 22.8 Å². The van der Waals surface area contributed by atoms with Crippen LogP contribution in [0.4, 0.5) is 17.1 Å². The number of aliphatic hydroxyl groups excluding tert-OH is 1. The van der Waals surface area contributed by atoms with Gasteiger partial charge in [0.1, 0.15) is 11.4 Å². The van der Waals surface area contributed by atoms with Gasteiger partial charge in [-0.1, -0.05) is 23.2 Å². The predicted molar refractivity (Wildman–Crippen MR) is 84.9 cm³/mol. The molecule has 1 heterocycles. The summed E-state index contributed by atoms with van der Waals surface area (Å²) in [6.45, 7) is 0.0807. The van der Waals surface area contributed by atoms with Crippen LogP contribution in [0.1, 0.15) is 6.42 Å². The fourth-order valence-electron chi connectivity index (χ4n) is 1.59. The molecule has 0 spiro atoms. The van der Waals surface area contributed by atoms with Gasteiger partial charge in [-0.2, -0.15) is 21.4 Å². The largest absolute Gasteiger partial charge is 0.396 e. The highest BCUT2D eigenvalue weighted by Gasteiger charge is 2.24. The highest BCUT2D eigenvalue weighted by Crippen LogP contribution is 2.47. The molecule has 0 bridgehead atoms. The van der Waals surface area contributed by atoms with Crippen LogP contribution in [0.25, 0.3) is 0 Å². The van der Waals surface area contributed by atoms with Gasteiger partial charge in [0.25, 0.3) is 0 Å². The van der Waals surface area contributed by atoms with Crippen LogP contribution in [0.5, 0.6) is 0 Å². The highest BCUT2D eigenvalue weighted by atomic mass is 35.5. The van der Waals surface area contributed by atoms with Crippen molar-refractivity contribution in [3.8, 4) is 0 Å². The van der Waals surface area contributed by atoms with Gasteiger partial charge in [0.2, 0.25) is 0 Å². The molecule has 0 amide bonds. The maximum atomic E-state index is 12.2. The van der Waals surface area contributed by atoms with Gasteiger partial charge in [-0.05, 0) is 12.5 Å². The Morgan fingerprint density at radius 1 is 1.33 bits per heavy atom. The molecule has 1 aliphatic heterocycles. The molecule has 1 aliphatic rings. The van der Waals surface area contributed by atoms with Gasteiger partial charge in [-0.15, -0.1) is 0 Å². The molecule has 0 radical (unpaired) electrons. The van der Waals surface area contributed by atoms with E-state index in [4.69, 9.17) is 28.3 Å². The molecular formula is C10H12Cl2N4O3S2. The summed E-state index contributed by atoms with van der Waals surface area (Å²) in [5, 5.41) is 9.21. The topological polar surface area (TPSA) is 94.4 Å². The normalized spacial score (nSPS) is 13.4. The fourth-order valence-corrected chi connectivity index (χ4v) is 3.80. The molecule has 1 aromatic rings. The zero-order valence-corrected chi connectivity index (χ0v) is 14.0. The standard InChI is InChI=1S/C10H12Cl2N4O3S2/c1-16(3-2-4-17)21(18,19)15-9-7(12)5-6(11)8-10(9)14-20-13-8/h5,15,17H,2-4H2,1H3. The second-order valence-electron chi connectivity index (χ2n) is 4.18. The molecule has 2 rings (SSSR count). The Morgan fingerprint density at radius 2 is 2.00 bits per heavy atom. The van der Waals surface area contributed by atoms with Gasteiger partial charge >= 0.3 is 10.2 Å². The summed E-state index contributed by atoms with van der Waals surface area (Å²) < 4.78 is 35.9. The number of hydrogen-bond acceptors (Lipinski definition) is 5. The van der Waals surface area contributed by atoms with Crippen LogP contribution in [0.3, 0.4) is 0 Å². The van der Waals surface area contributed by atoms with Gasteiger partial charge in [0.05, 0.1) is 27.1 Å². The lowest BCUT2D eigenvalue weighted by Gasteiger charge is -2.19. The number of anilines is 1. The third-order valence-corrected chi connectivity index (χ3v) is 5.30. The first-order valence-electron chi connectivity index (χ1n) is 5.82. The number of benzene rings is 1. The van der Waals surface area contributed by atoms with Crippen LogP contribution < -0.4 is 4.72 Å². The number of fused-ring (bicyclic) bond motifs is 1. The Balaban J connectivity index is 2.33. The average molecular weight is 371 g/mol. The first-order valence-corrected chi connectivity index (χ1v) is 8.74. The zero-order valence-electron chi connectivity index (χ0n) is 10.9. The van der Waals surface area contributed by atoms with Crippen LogP contribution in [0.15, 0.2) is 14.8 Å². The number of rotatable bonds is 6. The third kappa shape index (κ3) is 3.55. The van der Waals surface area contributed by atoms with E-state index in [1.54, 1.807) is 0 Å². The Kier molecular flexibility index (Phi) is 5.23. The zero-order chi connectivity index (χ0) is 15.6. The lowest BCUT2D eigenvalue weighted by atomic mass is 10.2. The summed E-state index contributed by atoms with van der Waals surface area (Å²) in [7, 11) is -2.41. The molecule has 2 N–H and O–H groups in total. The molecule has 7 nitrogen and oxygen atoms in total. The molecule has 0 atom stereocenters. The minimum Gasteiger partial charge on any atom is -0.396 e. The van der Waals surface area contributed by atoms with Crippen molar-refractivity contribution < 1.29 is 13.5 Å². The van der Waals surface area contributed by atoms with E-state index in [0.717, 1.165) is 15.7 Å². The van der Waals surface area contributed by atoms with Crippen molar-refractivity contribution in [1.82, 2.24) is 4.31 Å². The summed E-state index contributed by atoms with van der Waals surface area (Å²) in [4.78, 5) is 0. The van der Waals surface area contributed by atoms with Crippen LogP contribution in [-0.4, -0.2) is 38.0 Å². The molecule has 0 aliphatic carbocycles. The smallest absolute Gasteiger partial charge is 0.301 e. The van der Waals surface area contributed by atoms with E-state index >= 15 is 0 Å². The SMILES string of the molecule is CN(CCCO)S(=O)(=O)Nc1c(Cl)cc(Cl)c2c1N=S=N2. The summed E-state index contributed by atoms with van der Waals surface area (Å²) >= 11 is 12.9. The van der Waals surface area contributed by atoms with E-state index in [1.807, 2.05) is 0 Å². The quantitative estimate of drug-likeness (QED) is 0.817. The van der Waals surface area contributed by atoms with Crippen molar-refractivity contribution in [2.45, 2.75) is 6.42 Å².